The number of amides is 2. The van der Waals surface area contributed by atoms with E-state index in [0.29, 0.717) is 0 Å². The van der Waals surface area contributed by atoms with Crippen LogP contribution in [0.4, 0.5) is 14.9 Å². The molecule has 5 nitrogen and oxygen atoms in total. The third-order valence-corrected chi connectivity index (χ3v) is 3.46. The first-order chi connectivity index (χ1) is 9.36. The number of rotatable bonds is 5. The molecule has 0 aliphatic rings. The summed E-state index contributed by atoms with van der Waals surface area (Å²) in [6.45, 7) is 3.30. The molecule has 0 aliphatic heterocycles. The average molecular weight is 303 g/mol. The molecule has 0 heterocycles. The van der Waals surface area contributed by atoms with Crippen LogP contribution in [0, 0.1) is 5.82 Å². The smallest absolute Gasteiger partial charge is 0.329 e. The Hall–Kier alpha value is -1.82. The maximum absolute atomic E-state index is 13.6. The second kappa shape index (κ2) is 6.56. The Morgan fingerprint density at radius 3 is 2.45 bits per heavy atom. The van der Waals surface area contributed by atoms with Gasteiger partial charge in [-0.15, -0.1) is 0 Å². The number of carboxylic acid groups (broad SMARTS) is 1. The Bertz CT molecular complexity index is 518. The second-order valence-electron chi connectivity index (χ2n) is 4.27. The number of urea groups is 1. The third kappa shape index (κ3) is 3.39. The van der Waals surface area contributed by atoms with Crippen molar-refractivity contribution in [2.45, 2.75) is 32.2 Å². The monoisotopic (exact) mass is 302 g/mol. The van der Waals surface area contributed by atoms with Gasteiger partial charge in [-0.05, 0) is 25.0 Å². The summed E-state index contributed by atoms with van der Waals surface area (Å²) in [5, 5.41) is 13.7. The summed E-state index contributed by atoms with van der Waals surface area (Å²) in [6.07, 6.45) is 0.425. The summed E-state index contributed by atoms with van der Waals surface area (Å²) >= 11 is 5.59. The van der Waals surface area contributed by atoms with Gasteiger partial charge >= 0.3 is 12.0 Å². The van der Waals surface area contributed by atoms with Crippen LogP contribution in [0.2, 0.25) is 5.02 Å². The molecule has 20 heavy (non-hydrogen) atoms. The van der Waals surface area contributed by atoms with Crippen LogP contribution in [-0.2, 0) is 4.79 Å². The highest BCUT2D eigenvalue weighted by atomic mass is 35.5. The molecule has 1 aromatic rings. The molecule has 0 spiro atoms. The molecule has 110 valence electrons. The SMILES string of the molecule is CCC(CC)(NC(=O)Nc1cccc(Cl)c1F)C(=O)O. The molecular weight excluding hydrogens is 287 g/mol. The fourth-order valence-corrected chi connectivity index (χ4v) is 1.93. The highest BCUT2D eigenvalue weighted by Gasteiger charge is 2.36. The third-order valence-electron chi connectivity index (χ3n) is 3.17. The molecule has 0 aliphatic carbocycles. The van der Waals surface area contributed by atoms with Gasteiger partial charge in [-0.25, -0.2) is 14.0 Å². The topological polar surface area (TPSA) is 78.4 Å². The van der Waals surface area contributed by atoms with Crippen LogP contribution in [0.3, 0.4) is 0 Å². The molecule has 0 unspecified atom stereocenters. The van der Waals surface area contributed by atoms with Crippen LogP contribution in [0.15, 0.2) is 18.2 Å². The molecular formula is C13H16ClFN2O3. The zero-order valence-electron chi connectivity index (χ0n) is 11.2. The molecule has 0 saturated heterocycles. The van der Waals surface area contributed by atoms with Gasteiger partial charge in [-0.3, -0.25) is 0 Å². The van der Waals surface area contributed by atoms with Gasteiger partial charge in [0.25, 0.3) is 0 Å². The van der Waals surface area contributed by atoms with Crippen LogP contribution >= 0.6 is 11.6 Å². The van der Waals surface area contributed by atoms with Gasteiger partial charge in [-0.2, -0.15) is 0 Å². The van der Waals surface area contributed by atoms with E-state index >= 15 is 0 Å². The maximum atomic E-state index is 13.6. The fraction of sp³-hybridized carbons (Fsp3) is 0.385. The van der Waals surface area contributed by atoms with Crippen molar-refractivity contribution >= 4 is 29.3 Å². The van der Waals surface area contributed by atoms with E-state index in [0.717, 1.165) is 0 Å². The number of hydrogen-bond acceptors (Lipinski definition) is 2. The van der Waals surface area contributed by atoms with E-state index in [1.165, 1.54) is 18.2 Å². The largest absolute Gasteiger partial charge is 0.480 e. The van der Waals surface area contributed by atoms with Gasteiger partial charge in [0.05, 0.1) is 10.7 Å². The number of carbonyl (C=O) groups excluding carboxylic acids is 1. The highest BCUT2D eigenvalue weighted by molar-refractivity contribution is 6.31. The van der Waals surface area contributed by atoms with Crippen LogP contribution in [0.25, 0.3) is 0 Å². The molecule has 0 atom stereocenters. The van der Waals surface area contributed by atoms with E-state index in [1.807, 2.05) is 0 Å². The van der Waals surface area contributed by atoms with Gasteiger partial charge in [0, 0.05) is 0 Å². The summed E-state index contributed by atoms with van der Waals surface area (Å²) in [4.78, 5) is 23.1. The Labute approximate surface area is 121 Å². The lowest BCUT2D eigenvalue weighted by Gasteiger charge is -2.28. The summed E-state index contributed by atoms with van der Waals surface area (Å²) in [5.74, 6) is -1.90. The first-order valence-corrected chi connectivity index (χ1v) is 6.50. The second-order valence-corrected chi connectivity index (χ2v) is 4.68. The van der Waals surface area contributed by atoms with Crippen molar-refractivity contribution in [1.29, 1.82) is 0 Å². The zero-order chi connectivity index (χ0) is 15.3. The Morgan fingerprint density at radius 1 is 1.35 bits per heavy atom. The number of carboxylic acids is 1. The van der Waals surface area contributed by atoms with E-state index in [4.69, 9.17) is 11.6 Å². The minimum absolute atomic E-state index is 0.110. The number of halogens is 2. The zero-order valence-corrected chi connectivity index (χ0v) is 11.9. The summed E-state index contributed by atoms with van der Waals surface area (Å²) in [5.41, 5.74) is -1.49. The van der Waals surface area contributed by atoms with Crippen molar-refractivity contribution in [3.63, 3.8) is 0 Å². The lowest BCUT2D eigenvalue weighted by molar-refractivity contribution is -0.144. The quantitative estimate of drug-likeness (QED) is 0.781. The first-order valence-electron chi connectivity index (χ1n) is 6.13. The van der Waals surface area contributed by atoms with Gasteiger partial charge in [0.15, 0.2) is 5.82 Å². The number of carbonyl (C=O) groups is 2. The lowest BCUT2D eigenvalue weighted by atomic mass is 9.93. The van der Waals surface area contributed by atoms with E-state index in [-0.39, 0.29) is 23.6 Å². The molecule has 1 rings (SSSR count). The molecule has 0 fully saturated rings. The molecule has 3 N–H and O–H groups in total. The number of nitrogens with one attached hydrogen (secondary N) is 2. The first kappa shape index (κ1) is 16.2. The fourth-order valence-electron chi connectivity index (χ4n) is 1.75. The Morgan fingerprint density at radius 2 is 1.95 bits per heavy atom. The predicted octanol–water partition coefficient (Wildman–Crippen LogP) is 3.24. The van der Waals surface area contributed by atoms with E-state index < -0.39 is 23.4 Å². The van der Waals surface area contributed by atoms with Crippen molar-refractivity contribution in [3.8, 4) is 0 Å². The number of benzene rings is 1. The Balaban J connectivity index is 2.86. The van der Waals surface area contributed by atoms with Gasteiger partial charge in [0.2, 0.25) is 0 Å². The minimum atomic E-state index is -1.38. The predicted molar refractivity (Wildman–Crippen MR) is 74.5 cm³/mol. The number of aliphatic carboxylic acids is 1. The van der Waals surface area contributed by atoms with Crippen LogP contribution < -0.4 is 10.6 Å². The molecule has 1 aromatic carbocycles. The van der Waals surface area contributed by atoms with Crippen molar-refractivity contribution in [3.05, 3.63) is 29.0 Å². The van der Waals surface area contributed by atoms with Crippen molar-refractivity contribution in [2.75, 3.05) is 5.32 Å². The molecule has 7 heteroatoms. The minimum Gasteiger partial charge on any atom is -0.480 e. The highest BCUT2D eigenvalue weighted by Crippen LogP contribution is 2.22. The van der Waals surface area contributed by atoms with Crippen LogP contribution in [-0.4, -0.2) is 22.6 Å². The van der Waals surface area contributed by atoms with Gasteiger partial charge < -0.3 is 15.7 Å². The molecule has 2 amide bonds. The molecule has 0 saturated carbocycles. The summed E-state index contributed by atoms with van der Waals surface area (Å²) in [7, 11) is 0. The summed E-state index contributed by atoms with van der Waals surface area (Å²) in [6, 6.07) is 3.36. The van der Waals surface area contributed by atoms with Crippen molar-refractivity contribution in [1.82, 2.24) is 5.32 Å². The molecule has 0 bridgehead atoms. The van der Waals surface area contributed by atoms with E-state index in [9.17, 15) is 19.1 Å². The van der Waals surface area contributed by atoms with E-state index in [1.54, 1.807) is 13.8 Å². The van der Waals surface area contributed by atoms with Crippen LogP contribution in [0.5, 0.6) is 0 Å². The Kier molecular flexibility index (Phi) is 5.33. The van der Waals surface area contributed by atoms with Crippen LogP contribution in [0.1, 0.15) is 26.7 Å². The van der Waals surface area contributed by atoms with Gasteiger partial charge in [-0.1, -0.05) is 31.5 Å². The summed E-state index contributed by atoms with van der Waals surface area (Å²) < 4.78 is 13.6. The average Bonchev–Trinajstić information content (AvgIpc) is 2.41. The van der Waals surface area contributed by atoms with Gasteiger partial charge in [0.1, 0.15) is 5.54 Å². The lowest BCUT2D eigenvalue weighted by Crippen LogP contribution is -2.55. The molecule has 0 radical (unpaired) electrons. The number of anilines is 1. The van der Waals surface area contributed by atoms with E-state index in [2.05, 4.69) is 10.6 Å². The normalized spacial score (nSPS) is 11.0. The molecule has 0 aromatic heterocycles. The van der Waals surface area contributed by atoms with Crippen molar-refractivity contribution < 1.29 is 19.1 Å². The standard InChI is InChI=1S/C13H16ClFN2O3/c1-3-13(4-2,11(18)19)17-12(20)16-9-7-5-6-8(14)10(9)15/h5-7H,3-4H2,1-2H3,(H,18,19)(H2,16,17,20). The maximum Gasteiger partial charge on any atom is 0.329 e. The number of hydrogen-bond donors (Lipinski definition) is 3. The van der Waals surface area contributed by atoms with Crippen molar-refractivity contribution in [2.24, 2.45) is 0 Å².